The zero-order valence-corrected chi connectivity index (χ0v) is 10.3. The van der Waals surface area contributed by atoms with Gasteiger partial charge in [-0.3, -0.25) is 10.9 Å². The lowest BCUT2D eigenvalue weighted by molar-refractivity contribution is -0.144. The summed E-state index contributed by atoms with van der Waals surface area (Å²) in [6, 6.07) is 1.47. The van der Waals surface area contributed by atoms with Crippen LogP contribution in [0.5, 0.6) is 0 Å². The lowest BCUT2D eigenvalue weighted by atomic mass is 10.4. The Morgan fingerprint density at radius 2 is 2.11 bits per heavy atom. The van der Waals surface area contributed by atoms with E-state index in [4.69, 9.17) is 5.73 Å². The first kappa shape index (κ1) is 13.3. The van der Waals surface area contributed by atoms with E-state index >= 15 is 0 Å². The smallest absolute Gasteiger partial charge is 0.375 e. The summed E-state index contributed by atoms with van der Waals surface area (Å²) in [5, 5.41) is 3.26. The fraction of sp³-hybridized carbons (Fsp3) is 0.250. The summed E-state index contributed by atoms with van der Waals surface area (Å²) in [6.07, 6.45) is -4.64. The quantitative estimate of drug-likeness (QED) is 0.551. The van der Waals surface area contributed by atoms with Gasteiger partial charge in [-0.15, -0.1) is 5.10 Å². The molecule has 4 N–H and O–H groups in total. The van der Waals surface area contributed by atoms with Crippen molar-refractivity contribution in [2.45, 2.75) is 13.1 Å². The fourth-order valence-corrected chi connectivity index (χ4v) is 1.37. The van der Waals surface area contributed by atoms with Crippen LogP contribution in [0.25, 0.3) is 5.78 Å². The molecule has 0 bridgehead atoms. The SMILES string of the molecule is Cc1cc(NNC(N)=S)n2nc(C(F)(F)F)nc2n1. The van der Waals surface area contributed by atoms with Gasteiger partial charge in [-0.2, -0.15) is 22.7 Å². The lowest BCUT2D eigenvalue weighted by Crippen LogP contribution is -2.34. The zero-order chi connectivity index (χ0) is 14.2. The number of aryl methyl sites for hydroxylation is 1. The summed E-state index contributed by atoms with van der Waals surface area (Å²) in [6.45, 7) is 1.61. The van der Waals surface area contributed by atoms with E-state index < -0.39 is 12.0 Å². The highest BCUT2D eigenvalue weighted by atomic mass is 32.1. The molecule has 0 aliphatic rings. The van der Waals surface area contributed by atoms with Gasteiger partial charge in [0, 0.05) is 11.8 Å². The Labute approximate surface area is 110 Å². The zero-order valence-electron chi connectivity index (χ0n) is 9.49. The molecular formula is C8H8F3N7S. The summed E-state index contributed by atoms with van der Waals surface area (Å²) in [4.78, 5) is 7.17. The highest BCUT2D eigenvalue weighted by Crippen LogP contribution is 2.26. The van der Waals surface area contributed by atoms with Gasteiger partial charge in [0.1, 0.15) is 0 Å². The number of hydrazine groups is 1. The minimum Gasteiger partial charge on any atom is -0.375 e. The van der Waals surface area contributed by atoms with Gasteiger partial charge in [-0.1, -0.05) is 0 Å². The van der Waals surface area contributed by atoms with E-state index in [2.05, 4.69) is 38.1 Å². The standard InChI is InChI=1S/C8H8F3N7S/c1-3-2-4(15-16-6(12)19)18-7(13-3)14-5(17-18)8(9,10)11/h2,15H,1H3,(H3,12,16,19). The number of halogens is 3. The van der Waals surface area contributed by atoms with Crippen molar-refractivity contribution in [3.8, 4) is 0 Å². The second kappa shape index (κ2) is 4.50. The first-order valence-corrected chi connectivity index (χ1v) is 5.31. The maximum atomic E-state index is 12.5. The summed E-state index contributed by atoms with van der Waals surface area (Å²) >= 11 is 4.58. The molecule has 0 amide bonds. The maximum Gasteiger partial charge on any atom is 0.453 e. The first-order valence-electron chi connectivity index (χ1n) is 4.90. The molecule has 7 nitrogen and oxygen atoms in total. The van der Waals surface area contributed by atoms with Gasteiger partial charge >= 0.3 is 6.18 Å². The van der Waals surface area contributed by atoms with Gasteiger partial charge < -0.3 is 5.73 Å². The Hall–Kier alpha value is -2.17. The predicted molar refractivity (Wildman–Crippen MR) is 64.1 cm³/mol. The van der Waals surface area contributed by atoms with Crippen LogP contribution in [0, 0.1) is 6.92 Å². The van der Waals surface area contributed by atoms with Crippen molar-refractivity contribution in [3.05, 3.63) is 17.6 Å². The third-order valence-electron chi connectivity index (χ3n) is 2.01. The molecule has 2 heterocycles. The maximum absolute atomic E-state index is 12.5. The van der Waals surface area contributed by atoms with Crippen molar-refractivity contribution in [1.29, 1.82) is 0 Å². The molecule has 0 radical (unpaired) electrons. The van der Waals surface area contributed by atoms with Crippen molar-refractivity contribution in [3.63, 3.8) is 0 Å². The monoisotopic (exact) mass is 291 g/mol. The molecule has 0 fully saturated rings. The number of aromatic nitrogens is 4. The first-order chi connectivity index (χ1) is 8.77. The Balaban J connectivity index is 2.50. The molecule has 0 atom stereocenters. The number of nitrogens with zero attached hydrogens (tertiary/aromatic N) is 4. The second-order valence-corrected chi connectivity index (χ2v) is 3.98. The van der Waals surface area contributed by atoms with Gasteiger partial charge in [-0.05, 0) is 19.1 Å². The average Bonchev–Trinajstić information content (AvgIpc) is 2.68. The number of nitrogens with two attached hydrogens (primary N) is 1. The van der Waals surface area contributed by atoms with E-state index in [0.717, 1.165) is 4.52 Å². The third-order valence-corrected chi connectivity index (χ3v) is 2.11. The molecule has 0 aromatic carbocycles. The van der Waals surface area contributed by atoms with Gasteiger partial charge in [0.25, 0.3) is 11.6 Å². The van der Waals surface area contributed by atoms with Crippen molar-refractivity contribution >= 4 is 28.9 Å². The molecule has 11 heteroatoms. The van der Waals surface area contributed by atoms with Crippen molar-refractivity contribution in [2.24, 2.45) is 5.73 Å². The minimum atomic E-state index is -4.64. The molecule has 2 aromatic heterocycles. The Morgan fingerprint density at radius 1 is 1.42 bits per heavy atom. The van der Waals surface area contributed by atoms with Gasteiger partial charge in [0.2, 0.25) is 0 Å². The molecule has 102 valence electrons. The van der Waals surface area contributed by atoms with E-state index in [0.29, 0.717) is 5.69 Å². The van der Waals surface area contributed by atoms with Crippen molar-refractivity contribution < 1.29 is 13.2 Å². The number of fused-ring (bicyclic) bond motifs is 1. The van der Waals surface area contributed by atoms with Crippen LogP contribution in [0.4, 0.5) is 19.0 Å². The van der Waals surface area contributed by atoms with Crippen molar-refractivity contribution in [2.75, 3.05) is 5.43 Å². The molecule has 0 aliphatic heterocycles. The molecule has 0 saturated carbocycles. The third kappa shape index (κ3) is 2.81. The number of thiocarbonyl (C=S) groups is 1. The van der Waals surface area contributed by atoms with Crippen LogP contribution in [-0.2, 0) is 6.18 Å². The van der Waals surface area contributed by atoms with Crippen LogP contribution in [0.1, 0.15) is 11.5 Å². The molecule has 19 heavy (non-hydrogen) atoms. The second-order valence-electron chi connectivity index (χ2n) is 3.54. The van der Waals surface area contributed by atoms with Crippen LogP contribution in [0.3, 0.4) is 0 Å². The largest absolute Gasteiger partial charge is 0.453 e. The van der Waals surface area contributed by atoms with Crippen LogP contribution in [0.15, 0.2) is 6.07 Å². The van der Waals surface area contributed by atoms with E-state index in [1.165, 1.54) is 6.07 Å². The average molecular weight is 291 g/mol. The Bertz CT molecular complexity index is 635. The number of hydrogen-bond acceptors (Lipinski definition) is 5. The minimum absolute atomic E-state index is 0.0706. The molecule has 0 aliphatic carbocycles. The van der Waals surface area contributed by atoms with Gasteiger partial charge in [-0.25, -0.2) is 4.98 Å². The number of anilines is 1. The van der Waals surface area contributed by atoms with Gasteiger partial charge in [0.05, 0.1) is 0 Å². The van der Waals surface area contributed by atoms with E-state index in [1.54, 1.807) is 6.92 Å². The van der Waals surface area contributed by atoms with Gasteiger partial charge in [0.15, 0.2) is 10.9 Å². The molecule has 0 saturated heterocycles. The van der Waals surface area contributed by atoms with Crippen LogP contribution in [-0.4, -0.2) is 24.7 Å². The highest BCUT2D eigenvalue weighted by Gasteiger charge is 2.36. The van der Waals surface area contributed by atoms with Crippen LogP contribution < -0.4 is 16.6 Å². The predicted octanol–water partition coefficient (Wildman–Crippen LogP) is 0.612. The summed E-state index contributed by atoms with van der Waals surface area (Å²) in [5.74, 6) is -1.28. The van der Waals surface area contributed by atoms with E-state index in [1.807, 2.05) is 0 Å². The van der Waals surface area contributed by atoms with Crippen LogP contribution in [0.2, 0.25) is 0 Å². The number of rotatable bonds is 2. The molecule has 0 spiro atoms. The highest BCUT2D eigenvalue weighted by molar-refractivity contribution is 7.80. The Kier molecular flexibility index (Phi) is 3.14. The summed E-state index contributed by atoms with van der Waals surface area (Å²) in [5.41, 5.74) is 10.6. The van der Waals surface area contributed by atoms with E-state index in [-0.39, 0.29) is 16.7 Å². The number of alkyl halides is 3. The topological polar surface area (TPSA) is 93.2 Å². The van der Waals surface area contributed by atoms with E-state index in [9.17, 15) is 13.2 Å². The summed E-state index contributed by atoms with van der Waals surface area (Å²) in [7, 11) is 0. The number of hydrogen-bond donors (Lipinski definition) is 3. The number of nitrogens with one attached hydrogen (secondary N) is 2. The normalized spacial score (nSPS) is 11.6. The summed E-state index contributed by atoms with van der Waals surface area (Å²) < 4.78 is 38.5. The molecule has 0 unspecified atom stereocenters. The van der Waals surface area contributed by atoms with Crippen molar-refractivity contribution in [1.82, 2.24) is 25.0 Å². The molecule has 2 aromatic rings. The molecule has 2 rings (SSSR count). The fourth-order valence-electron chi connectivity index (χ4n) is 1.32. The van der Waals surface area contributed by atoms with Crippen LogP contribution >= 0.6 is 12.2 Å². The lowest BCUT2D eigenvalue weighted by Gasteiger charge is -2.09. The molecular weight excluding hydrogens is 283 g/mol. The Morgan fingerprint density at radius 3 is 2.68 bits per heavy atom.